The highest BCUT2D eigenvalue weighted by Gasteiger charge is 2.33. The van der Waals surface area contributed by atoms with Gasteiger partial charge in [0.25, 0.3) is 0 Å². The molecule has 0 spiro atoms. The predicted octanol–water partition coefficient (Wildman–Crippen LogP) is 2.61. The summed E-state index contributed by atoms with van der Waals surface area (Å²) in [6, 6.07) is 9.40. The number of nitrogens with zero attached hydrogens (tertiary/aromatic N) is 2. The summed E-state index contributed by atoms with van der Waals surface area (Å²) in [7, 11) is 3.25. The molecule has 188 valence electrons. The van der Waals surface area contributed by atoms with E-state index in [9.17, 15) is 9.90 Å². The van der Waals surface area contributed by atoms with Crippen molar-refractivity contribution in [2.24, 2.45) is 0 Å². The van der Waals surface area contributed by atoms with E-state index in [2.05, 4.69) is 11.4 Å². The van der Waals surface area contributed by atoms with Crippen LogP contribution in [0.15, 0.2) is 35.7 Å². The average molecular weight is 493 g/mol. The maximum Gasteiger partial charge on any atom is 0.237 e. The minimum absolute atomic E-state index is 0.0100. The van der Waals surface area contributed by atoms with Crippen LogP contribution in [0.25, 0.3) is 0 Å². The lowest BCUT2D eigenvalue weighted by molar-refractivity contribution is -0.136. The first-order valence-corrected chi connectivity index (χ1v) is 12.5. The number of carbonyl (C=O) groups excluding carboxylic acids is 1. The molecule has 1 amide bonds. The number of thiophene rings is 1. The lowest BCUT2D eigenvalue weighted by atomic mass is 10.0. The van der Waals surface area contributed by atoms with Crippen LogP contribution in [-0.2, 0) is 20.7 Å². The molecule has 1 aromatic carbocycles. The van der Waals surface area contributed by atoms with Crippen LogP contribution in [0.3, 0.4) is 0 Å². The molecular formula is C25H36N2O6S. The summed E-state index contributed by atoms with van der Waals surface area (Å²) in [5.41, 5.74) is 1.15. The maximum atomic E-state index is 13.5. The molecule has 1 aliphatic heterocycles. The van der Waals surface area contributed by atoms with Crippen LogP contribution in [-0.4, -0.2) is 93.7 Å². The molecule has 2 atom stereocenters. The van der Waals surface area contributed by atoms with Gasteiger partial charge in [-0.25, -0.2) is 0 Å². The predicted molar refractivity (Wildman–Crippen MR) is 132 cm³/mol. The Bertz CT molecular complexity index is 892. The van der Waals surface area contributed by atoms with Gasteiger partial charge in [-0.1, -0.05) is 6.07 Å². The Balaban J connectivity index is 1.70. The summed E-state index contributed by atoms with van der Waals surface area (Å²) in [5.74, 6) is 1.44. The number of methoxy groups -OCH3 is 2. The van der Waals surface area contributed by atoms with Crippen LogP contribution in [0.2, 0.25) is 0 Å². The molecule has 0 saturated carbocycles. The van der Waals surface area contributed by atoms with Crippen molar-refractivity contribution in [3.05, 3.63) is 46.2 Å². The number of rotatable bonds is 14. The molecular weight excluding hydrogens is 456 g/mol. The van der Waals surface area contributed by atoms with Crippen molar-refractivity contribution in [3.63, 3.8) is 0 Å². The van der Waals surface area contributed by atoms with Gasteiger partial charge in [-0.15, -0.1) is 11.3 Å². The normalized spacial score (nSPS) is 16.4. The molecule has 1 N–H and O–H groups in total. The van der Waals surface area contributed by atoms with Crippen molar-refractivity contribution in [2.45, 2.75) is 25.5 Å². The van der Waals surface area contributed by atoms with E-state index < -0.39 is 6.10 Å². The fourth-order valence-corrected chi connectivity index (χ4v) is 5.01. The van der Waals surface area contributed by atoms with Gasteiger partial charge in [0, 0.05) is 44.3 Å². The van der Waals surface area contributed by atoms with Gasteiger partial charge in [-0.3, -0.25) is 9.69 Å². The van der Waals surface area contributed by atoms with Crippen molar-refractivity contribution in [3.8, 4) is 11.5 Å². The number of fused-ring (bicyclic) bond motifs is 1. The monoisotopic (exact) mass is 492 g/mol. The van der Waals surface area contributed by atoms with Crippen LogP contribution in [0.4, 0.5) is 0 Å². The van der Waals surface area contributed by atoms with Gasteiger partial charge >= 0.3 is 0 Å². The van der Waals surface area contributed by atoms with E-state index in [1.165, 1.54) is 4.88 Å². The number of hydrogen-bond donors (Lipinski definition) is 1. The minimum Gasteiger partial charge on any atom is -0.497 e. The summed E-state index contributed by atoms with van der Waals surface area (Å²) in [4.78, 5) is 18.6. The summed E-state index contributed by atoms with van der Waals surface area (Å²) >= 11 is 1.72. The second-order valence-electron chi connectivity index (χ2n) is 8.18. The quantitative estimate of drug-likeness (QED) is 0.434. The lowest BCUT2D eigenvalue weighted by Crippen LogP contribution is -2.48. The standard InChI is InChI=1S/C25H36N2O6S/c1-4-32-17-19(28)15-26(11-12-30-2)16-25(29)27-10-8-24-22(9-13-34-24)23(27)18-33-21-7-5-6-20(14-21)31-3/h5-7,9,13-14,19,23,28H,4,8,10-12,15-18H2,1-3H3. The van der Waals surface area contributed by atoms with Crippen LogP contribution < -0.4 is 9.47 Å². The highest BCUT2D eigenvalue weighted by molar-refractivity contribution is 7.10. The van der Waals surface area contributed by atoms with Gasteiger partial charge in [-0.2, -0.15) is 0 Å². The SMILES string of the molecule is CCOCC(O)CN(CCOC)CC(=O)N1CCc2sccc2C1COc1cccc(OC)c1. The van der Waals surface area contributed by atoms with Gasteiger partial charge in [-0.05, 0) is 42.5 Å². The molecule has 8 nitrogen and oxygen atoms in total. The second kappa shape index (κ2) is 13.7. The molecule has 2 unspecified atom stereocenters. The Labute approximate surface area is 206 Å². The summed E-state index contributed by atoms with van der Waals surface area (Å²) in [5, 5.41) is 12.4. The second-order valence-corrected chi connectivity index (χ2v) is 9.18. The summed E-state index contributed by atoms with van der Waals surface area (Å²) < 4.78 is 22.0. The van der Waals surface area contributed by atoms with E-state index in [4.69, 9.17) is 18.9 Å². The fourth-order valence-electron chi connectivity index (χ4n) is 4.08. The number of hydrogen-bond acceptors (Lipinski definition) is 8. The third-order valence-corrected chi connectivity index (χ3v) is 6.81. The Hall–Kier alpha value is -2.17. The van der Waals surface area contributed by atoms with Gasteiger partial charge < -0.3 is 29.0 Å². The van der Waals surface area contributed by atoms with E-state index in [1.54, 1.807) is 25.6 Å². The summed E-state index contributed by atoms with van der Waals surface area (Å²) in [6.45, 7) is 5.24. The van der Waals surface area contributed by atoms with Crippen LogP contribution in [0, 0.1) is 0 Å². The molecule has 0 radical (unpaired) electrons. The number of aliphatic hydroxyl groups excluding tert-OH is 1. The number of ether oxygens (including phenoxy) is 4. The number of benzene rings is 1. The Morgan fingerprint density at radius 1 is 1.29 bits per heavy atom. The number of carbonyl (C=O) groups is 1. The van der Waals surface area contributed by atoms with Gasteiger partial charge in [0.15, 0.2) is 0 Å². The molecule has 3 rings (SSSR count). The molecule has 1 aliphatic rings. The zero-order valence-corrected chi connectivity index (χ0v) is 21.1. The lowest BCUT2D eigenvalue weighted by Gasteiger charge is -2.37. The summed E-state index contributed by atoms with van der Waals surface area (Å²) in [6.07, 6.45) is 0.168. The third kappa shape index (κ3) is 7.41. The highest BCUT2D eigenvalue weighted by Crippen LogP contribution is 2.34. The number of aliphatic hydroxyl groups is 1. The molecule has 2 heterocycles. The molecule has 0 fully saturated rings. The van der Waals surface area contributed by atoms with E-state index in [0.29, 0.717) is 45.2 Å². The van der Waals surface area contributed by atoms with Crippen molar-refractivity contribution in [1.29, 1.82) is 0 Å². The molecule has 34 heavy (non-hydrogen) atoms. The third-order valence-electron chi connectivity index (χ3n) is 5.82. The van der Waals surface area contributed by atoms with Crippen molar-refractivity contribution in [2.75, 3.05) is 66.8 Å². The highest BCUT2D eigenvalue weighted by atomic mass is 32.1. The van der Waals surface area contributed by atoms with Crippen molar-refractivity contribution >= 4 is 17.2 Å². The molecule has 2 aromatic rings. The average Bonchev–Trinajstić information content (AvgIpc) is 3.33. The van der Waals surface area contributed by atoms with Gasteiger partial charge in [0.05, 0.1) is 39.0 Å². The molecule has 0 bridgehead atoms. The Kier molecular flexibility index (Phi) is 10.6. The van der Waals surface area contributed by atoms with Crippen molar-refractivity contribution < 1.29 is 28.8 Å². The molecule has 0 aliphatic carbocycles. The molecule has 0 saturated heterocycles. The Morgan fingerprint density at radius 2 is 2.12 bits per heavy atom. The number of amides is 1. The minimum atomic E-state index is -0.665. The first kappa shape index (κ1) is 26.4. The first-order valence-electron chi connectivity index (χ1n) is 11.6. The van der Waals surface area contributed by atoms with E-state index in [-0.39, 0.29) is 25.1 Å². The van der Waals surface area contributed by atoms with Gasteiger partial charge in [0.1, 0.15) is 18.1 Å². The topological polar surface area (TPSA) is 80.7 Å². The molecule has 1 aromatic heterocycles. The zero-order chi connectivity index (χ0) is 24.3. The van der Waals surface area contributed by atoms with Crippen molar-refractivity contribution in [1.82, 2.24) is 9.80 Å². The maximum absolute atomic E-state index is 13.5. The van der Waals surface area contributed by atoms with Crippen LogP contribution in [0.5, 0.6) is 11.5 Å². The van der Waals surface area contributed by atoms with E-state index in [1.807, 2.05) is 41.0 Å². The fraction of sp³-hybridized carbons (Fsp3) is 0.560. The smallest absolute Gasteiger partial charge is 0.237 e. The zero-order valence-electron chi connectivity index (χ0n) is 20.3. The Morgan fingerprint density at radius 3 is 2.88 bits per heavy atom. The van der Waals surface area contributed by atoms with E-state index >= 15 is 0 Å². The van der Waals surface area contributed by atoms with Crippen LogP contribution >= 0.6 is 11.3 Å². The first-order chi connectivity index (χ1) is 16.5. The molecule has 9 heteroatoms. The van der Waals surface area contributed by atoms with Crippen LogP contribution in [0.1, 0.15) is 23.4 Å². The van der Waals surface area contributed by atoms with E-state index in [0.717, 1.165) is 17.7 Å². The van der Waals surface area contributed by atoms with Gasteiger partial charge in [0.2, 0.25) is 5.91 Å². The largest absolute Gasteiger partial charge is 0.497 e.